The second-order valence-corrected chi connectivity index (χ2v) is 5.70. The number of nitrogens with two attached hydrogens (primary N) is 1. The van der Waals surface area contributed by atoms with Crippen molar-refractivity contribution in [1.82, 2.24) is 14.9 Å². The molecule has 0 radical (unpaired) electrons. The van der Waals surface area contributed by atoms with E-state index in [4.69, 9.17) is 17.3 Å². The summed E-state index contributed by atoms with van der Waals surface area (Å²) in [4.78, 5) is 10.4. The minimum absolute atomic E-state index is 0.259. The Morgan fingerprint density at radius 2 is 2.24 bits per heavy atom. The molecule has 1 aliphatic rings. The van der Waals surface area contributed by atoms with Crippen LogP contribution in [0.15, 0.2) is 18.3 Å². The fourth-order valence-corrected chi connectivity index (χ4v) is 2.82. The van der Waals surface area contributed by atoms with Gasteiger partial charge in [0.25, 0.3) is 0 Å². The molecule has 2 N–H and O–H groups in total. The lowest BCUT2D eigenvalue weighted by molar-refractivity contribution is 0.239. The lowest BCUT2D eigenvalue weighted by atomic mass is 10.1. The maximum absolute atomic E-state index is 14.0. The van der Waals surface area contributed by atoms with Gasteiger partial charge in [-0.15, -0.1) is 0 Å². The molecule has 0 saturated heterocycles. The maximum atomic E-state index is 14.0. The fourth-order valence-electron chi connectivity index (χ4n) is 2.61. The van der Waals surface area contributed by atoms with E-state index in [1.165, 1.54) is 6.07 Å². The van der Waals surface area contributed by atoms with Crippen LogP contribution >= 0.6 is 11.6 Å². The Balaban J connectivity index is 1.82. The number of aryl methyl sites for hydroxylation is 1. The molecule has 0 unspecified atom stereocenters. The van der Waals surface area contributed by atoms with E-state index >= 15 is 0 Å². The van der Waals surface area contributed by atoms with Gasteiger partial charge in [-0.3, -0.25) is 4.90 Å². The molecule has 6 heteroatoms. The van der Waals surface area contributed by atoms with Crippen LogP contribution in [0.4, 0.5) is 10.3 Å². The molecule has 1 aromatic carbocycles. The Kier molecular flexibility index (Phi) is 3.78. The highest BCUT2D eigenvalue weighted by molar-refractivity contribution is 6.32. The molecule has 1 aliphatic heterocycles. The predicted octanol–water partition coefficient (Wildman–Crippen LogP) is 2.72. The molecule has 21 heavy (non-hydrogen) atoms. The number of aromatic nitrogens is 2. The molecular weight excluding hydrogens is 291 g/mol. The summed E-state index contributed by atoms with van der Waals surface area (Å²) >= 11 is 6.23. The highest BCUT2D eigenvalue weighted by Gasteiger charge is 2.20. The number of anilines is 1. The normalized spacial score (nSPS) is 15.0. The molecule has 0 amide bonds. The Bertz CT molecular complexity index is 690. The number of benzene rings is 1. The summed E-state index contributed by atoms with van der Waals surface area (Å²) in [5, 5.41) is 0.509. The number of hydrogen-bond donors (Lipinski definition) is 1. The van der Waals surface area contributed by atoms with Crippen molar-refractivity contribution in [1.29, 1.82) is 0 Å². The zero-order valence-corrected chi connectivity index (χ0v) is 12.5. The number of halogens is 2. The number of nitrogen functional groups attached to an aromatic ring is 1. The number of nitrogens with zero attached hydrogens (tertiary/aromatic N) is 3. The number of hydrogen-bond acceptors (Lipinski definition) is 4. The molecule has 110 valence electrons. The number of fused-ring (bicyclic) bond motifs is 1. The highest BCUT2D eigenvalue weighted by atomic mass is 35.5. The first kappa shape index (κ1) is 14.2. The van der Waals surface area contributed by atoms with Gasteiger partial charge < -0.3 is 5.73 Å². The van der Waals surface area contributed by atoms with Gasteiger partial charge in [-0.1, -0.05) is 17.7 Å². The van der Waals surface area contributed by atoms with Crippen molar-refractivity contribution in [3.8, 4) is 0 Å². The van der Waals surface area contributed by atoms with Crippen molar-refractivity contribution in [3.63, 3.8) is 0 Å². The Labute approximate surface area is 127 Å². The standard InChI is InChI=1S/C15H16ClFN4/c1-9-2-3-12(17)11(14(9)16)8-21-5-4-13-10(7-21)6-19-15(18)20-13/h2-3,6H,4-5,7-8H2,1H3,(H2,18,19,20). The molecule has 0 atom stereocenters. The highest BCUT2D eigenvalue weighted by Crippen LogP contribution is 2.27. The monoisotopic (exact) mass is 306 g/mol. The van der Waals surface area contributed by atoms with Crippen molar-refractivity contribution in [2.75, 3.05) is 12.3 Å². The molecule has 3 rings (SSSR count). The first-order chi connectivity index (χ1) is 10.0. The van der Waals surface area contributed by atoms with Crippen LogP contribution in [0.1, 0.15) is 22.4 Å². The molecular formula is C15H16ClFN4. The van der Waals surface area contributed by atoms with E-state index in [9.17, 15) is 4.39 Å². The minimum atomic E-state index is -0.259. The summed E-state index contributed by atoms with van der Waals surface area (Å²) in [6.07, 6.45) is 2.53. The SMILES string of the molecule is Cc1ccc(F)c(CN2CCc3nc(N)ncc3C2)c1Cl. The second-order valence-electron chi connectivity index (χ2n) is 5.32. The second kappa shape index (κ2) is 5.58. The lowest BCUT2D eigenvalue weighted by Crippen LogP contribution is -2.31. The van der Waals surface area contributed by atoms with Gasteiger partial charge in [-0.2, -0.15) is 0 Å². The first-order valence-corrected chi connectivity index (χ1v) is 7.18. The molecule has 0 fully saturated rings. The zero-order chi connectivity index (χ0) is 15.0. The van der Waals surface area contributed by atoms with Crippen LogP contribution in [0, 0.1) is 12.7 Å². The van der Waals surface area contributed by atoms with E-state index in [-0.39, 0.29) is 5.82 Å². The molecule has 4 nitrogen and oxygen atoms in total. The summed E-state index contributed by atoms with van der Waals surface area (Å²) in [5.41, 5.74) is 9.06. The van der Waals surface area contributed by atoms with Gasteiger partial charge in [0.05, 0.1) is 10.7 Å². The van der Waals surface area contributed by atoms with E-state index in [2.05, 4.69) is 14.9 Å². The average Bonchev–Trinajstić information content (AvgIpc) is 2.48. The Morgan fingerprint density at radius 1 is 1.43 bits per heavy atom. The van der Waals surface area contributed by atoms with Gasteiger partial charge in [0.1, 0.15) is 5.82 Å². The van der Waals surface area contributed by atoms with Crippen molar-refractivity contribution in [2.24, 2.45) is 0 Å². The molecule has 0 aliphatic carbocycles. The lowest BCUT2D eigenvalue weighted by Gasteiger charge is -2.28. The molecule has 0 spiro atoms. The third kappa shape index (κ3) is 2.84. The van der Waals surface area contributed by atoms with Crippen LogP contribution in [0.25, 0.3) is 0 Å². The Hall–Kier alpha value is -1.72. The molecule has 1 aromatic heterocycles. The summed E-state index contributed by atoms with van der Waals surface area (Å²) in [5.74, 6) is 0.0416. The van der Waals surface area contributed by atoms with Gasteiger partial charge in [0, 0.05) is 43.4 Å². The topological polar surface area (TPSA) is 55.0 Å². The summed E-state index contributed by atoms with van der Waals surface area (Å²) in [6.45, 7) is 3.84. The van der Waals surface area contributed by atoms with Gasteiger partial charge in [-0.25, -0.2) is 14.4 Å². The summed E-state index contributed by atoms with van der Waals surface area (Å²) in [7, 11) is 0. The van der Waals surface area contributed by atoms with Crippen LogP contribution in [-0.2, 0) is 19.5 Å². The summed E-state index contributed by atoms with van der Waals surface area (Å²) in [6, 6.07) is 3.17. The van der Waals surface area contributed by atoms with E-state index in [1.807, 2.05) is 6.92 Å². The van der Waals surface area contributed by atoms with Crippen LogP contribution in [-0.4, -0.2) is 21.4 Å². The number of rotatable bonds is 2. The average molecular weight is 307 g/mol. The molecule has 0 saturated carbocycles. The minimum Gasteiger partial charge on any atom is -0.368 e. The van der Waals surface area contributed by atoms with Crippen LogP contribution in [0.5, 0.6) is 0 Å². The van der Waals surface area contributed by atoms with Crippen LogP contribution < -0.4 is 5.73 Å². The van der Waals surface area contributed by atoms with Gasteiger partial charge >= 0.3 is 0 Å². The Morgan fingerprint density at radius 3 is 3.05 bits per heavy atom. The zero-order valence-electron chi connectivity index (χ0n) is 11.7. The third-order valence-corrected chi connectivity index (χ3v) is 4.32. The van der Waals surface area contributed by atoms with Crippen molar-refractivity contribution in [2.45, 2.75) is 26.4 Å². The van der Waals surface area contributed by atoms with Crippen LogP contribution in [0.2, 0.25) is 5.02 Å². The molecule has 0 bridgehead atoms. The first-order valence-electron chi connectivity index (χ1n) is 6.80. The quantitative estimate of drug-likeness (QED) is 0.927. The maximum Gasteiger partial charge on any atom is 0.220 e. The largest absolute Gasteiger partial charge is 0.368 e. The van der Waals surface area contributed by atoms with Gasteiger partial charge in [0.15, 0.2) is 0 Å². The van der Waals surface area contributed by atoms with Crippen molar-refractivity contribution in [3.05, 3.63) is 51.6 Å². The van der Waals surface area contributed by atoms with E-state index in [0.717, 1.165) is 29.8 Å². The predicted molar refractivity (Wildman–Crippen MR) is 80.4 cm³/mol. The van der Waals surface area contributed by atoms with Crippen LogP contribution in [0.3, 0.4) is 0 Å². The van der Waals surface area contributed by atoms with Crippen molar-refractivity contribution >= 4 is 17.5 Å². The van der Waals surface area contributed by atoms with Crippen molar-refractivity contribution < 1.29 is 4.39 Å². The van der Waals surface area contributed by atoms with E-state index in [1.54, 1.807) is 12.3 Å². The van der Waals surface area contributed by atoms with E-state index < -0.39 is 0 Å². The molecule has 2 aromatic rings. The third-order valence-electron chi connectivity index (χ3n) is 3.79. The molecule has 2 heterocycles. The fraction of sp³-hybridized carbons (Fsp3) is 0.333. The summed E-state index contributed by atoms with van der Waals surface area (Å²) < 4.78 is 14.0. The smallest absolute Gasteiger partial charge is 0.220 e. The van der Waals surface area contributed by atoms with E-state index in [0.29, 0.717) is 29.6 Å². The van der Waals surface area contributed by atoms with Gasteiger partial charge in [-0.05, 0) is 18.6 Å². The van der Waals surface area contributed by atoms with Gasteiger partial charge in [0.2, 0.25) is 5.95 Å².